The summed E-state index contributed by atoms with van der Waals surface area (Å²) in [5.41, 5.74) is 0. The third-order valence-electron chi connectivity index (χ3n) is 5.05. The molecule has 2 heterocycles. The van der Waals surface area contributed by atoms with Gasteiger partial charge in [0.25, 0.3) is 0 Å². The van der Waals surface area contributed by atoms with Gasteiger partial charge in [-0.25, -0.2) is 0 Å². The van der Waals surface area contributed by atoms with E-state index in [9.17, 15) is 0 Å². The van der Waals surface area contributed by atoms with E-state index in [0.717, 1.165) is 11.8 Å². The van der Waals surface area contributed by atoms with E-state index in [4.69, 9.17) is 0 Å². The summed E-state index contributed by atoms with van der Waals surface area (Å²) in [6.45, 7) is 15.0. The summed E-state index contributed by atoms with van der Waals surface area (Å²) in [4.78, 5) is 5.30. The maximum atomic E-state index is 3.55. The smallest absolute Gasteiger partial charge is 0.0110 e. The lowest BCUT2D eigenvalue weighted by atomic mass is 9.85. The highest BCUT2D eigenvalue weighted by molar-refractivity contribution is 4.77. The summed E-state index contributed by atoms with van der Waals surface area (Å²) in [6.07, 6.45) is 5.51. The van der Waals surface area contributed by atoms with Crippen molar-refractivity contribution in [1.82, 2.24) is 15.1 Å². The van der Waals surface area contributed by atoms with Crippen LogP contribution in [0.5, 0.6) is 0 Å². The van der Waals surface area contributed by atoms with Gasteiger partial charge in [0.2, 0.25) is 0 Å². The van der Waals surface area contributed by atoms with Crippen molar-refractivity contribution in [2.45, 2.75) is 39.5 Å². The third-order valence-corrected chi connectivity index (χ3v) is 5.05. The zero-order valence-corrected chi connectivity index (χ0v) is 13.0. The molecule has 0 spiro atoms. The van der Waals surface area contributed by atoms with Gasteiger partial charge in [0, 0.05) is 26.2 Å². The molecule has 2 saturated heterocycles. The van der Waals surface area contributed by atoms with Gasteiger partial charge in [-0.1, -0.05) is 13.8 Å². The molecule has 1 N–H and O–H groups in total. The van der Waals surface area contributed by atoms with Gasteiger partial charge in [-0.3, -0.25) is 0 Å². The van der Waals surface area contributed by atoms with Crippen LogP contribution in [-0.4, -0.2) is 62.2 Å². The van der Waals surface area contributed by atoms with Gasteiger partial charge in [0.05, 0.1) is 0 Å². The Bertz CT molecular complexity index is 230. The average Bonchev–Trinajstić information content (AvgIpc) is 2.47. The van der Waals surface area contributed by atoms with Crippen molar-refractivity contribution >= 4 is 0 Å². The molecule has 2 rings (SSSR count). The molecule has 0 aromatic heterocycles. The van der Waals surface area contributed by atoms with E-state index in [1.165, 1.54) is 78.0 Å². The van der Waals surface area contributed by atoms with E-state index in [0.29, 0.717) is 0 Å². The first-order valence-corrected chi connectivity index (χ1v) is 8.45. The summed E-state index contributed by atoms with van der Waals surface area (Å²) in [5, 5.41) is 3.55. The highest BCUT2D eigenvalue weighted by atomic mass is 15.3. The van der Waals surface area contributed by atoms with Crippen LogP contribution >= 0.6 is 0 Å². The van der Waals surface area contributed by atoms with Crippen molar-refractivity contribution in [3.8, 4) is 0 Å². The van der Waals surface area contributed by atoms with Crippen LogP contribution in [0.4, 0.5) is 0 Å². The molecule has 0 aromatic rings. The third kappa shape index (κ3) is 5.05. The van der Waals surface area contributed by atoms with Crippen LogP contribution < -0.4 is 5.32 Å². The van der Waals surface area contributed by atoms with Crippen molar-refractivity contribution in [3.05, 3.63) is 0 Å². The van der Waals surface area contributed by atoms with Crippen molar-refractivity contribution < 1.29 is 0 Å². The second kappa shape index (κ2) is 8.23. The number of rotatable bonds is 6. The number of hydrogen-bond acceptors (Lipinski definition) is 3. The standard InChI is InChI=1S/C16H33N3/c1-3-8-18-10-12-19(13-11-18)9-6-15(2)16-5-4-7-17-14-16/h15-17H,3-14H2,1-2H3. The van der Waals surface area contributed by atoms with Crippen molar-refractivity contribution in [1.29, 1.82) is 0 Å². The Kier molecular flexibility index (Phi) is 6.62. The number of piperidine rings is 1. The molecule has 112 valence electrons. The van der Waals surface area contributed by atoms with Crippen LogP contribution in [0.1, 0.15) is 39.5 Å². The number of piperazine rings is 1. The molecule has 2 atom stereocenters. The van der Waals surface area contributed by atoms with E-state index in [1.807, 2.05) is 0 Å². The minimum Gasteiger partial charge on any atom is -0.316 e. The lowest BCUT2D eigenvalue weighted by Gasteiger charge is -2.36. The van der Waals surface area contributed by atoms with Gasteiger partial charge in [-0.15, -0.1) is 0 Å². The second-order valence-corrected chi connectivity index (χ2v) is 6.56. The lowest BCUT2D eigenvalue weighted by Crippen LogP contribution is -2.47. The molecule has 0 aromatic carbocycles. The van der Waals surface area contributed by atoms with E-state index in [1.54, 1.807) is 0 Å². The lowest BCUT2D eigenvalue weighted by molar-refractivity contribution is 0.121. The summed E-state index contributed by atoms with van der Waals surface area (Å²) < 4.78 is 0. The molecule has 0 aliphatic carbocycles. The Morgan fingerprint density at radius 1 is 1.11 bits per heavy atom. The Labute approximate surface area is 119 Å². The topological polar surface area (TPSA) is 18.5 Å². The van der Waals surface area contributed by atoms with E-state index in [2.05, 4.69) is 29.0 Å². The van der Waals surface area contributed by atoms with Gasteiger partial charge in [-0.2, -0.15) is 0 Å². The first-order chi connectivity index (χ1) is 9.29. The Hall–Kier alpha value is -0.120. The summed E-state index contributed by atoms with van der Waals surface area (Å²) in [7, 11) is 0. The first-order valence-electron chi connectivity index (χ1n) is 8.45. The minimum atomic E-state index is 0.890. The van der Waals surface area contributed by atoms with Crippen molar-refractivity contribution in [2.75, 3.05) is 52.4 Å². The molecule has 0 radical (unpaired) electrons. The van der Waals surface area contributed by atoms with Crippen LogP contribution in [-0.2, 0) is 0 Å². The van der Waals surface area contributed by atoms with Crippen LogP contribution in [0.3, 0.4) is 0 Å². The molecule has 0 bridgehead atoms. The molecule has 3 nitrogen and oxygen atoms in total. The molecule has 2 aliphatic rings. The Balaban J connectivity index is 1.60. The normalized spacial score (nSPS) is 28.4. The molecule has 2 aliphatic heterocycles. The fourth-order valence-electron chi connectivity index (χ4n) is 3.54. The predicted octanol–water partition coefficient (Wildman–Crippen LogP) is 2.04. The molecule has 2 unspecified atom stereocenters. The molecular weight excluding hydrogens is 234 g/mol. The zero-order chi connectivity index (χ0) is 13.5. The van der Waals surface area contributed by atoms with Crippen LogP contribution in [0, 0.1) is 11.8 Å². The van der Waals surface area contributed by atoms with E-state index in [-0.39, 0.29) is 0 Å². The van der Waals surface area contributed by atoms with Gasteiger partial charge in [0.15, 0.2) is 0 Å². The predicted molar refractivity (Wildman–Crippen MR) is 82.5 cm³/mol. The number of nitrogens with one attached hydrogen (secondary N) is 1. The van der Waals surface area contributed by atoms with Crippen LogP contribution in [0.2, 0.25) is 0 Å². The average molecular weight is 267 g/mol. The van der Waals surface area contributed by atoms with Crippen LogP contribution in [0.25, 0.3) is 0 Å². The highest BCUT2D eigenvalue weighted by Crippen LogP contribution is 2.22. The first kappa shape index (κ1) is 15.3. The molecule has 19 heavy (non-hydrogen) atoms. The van der Waals surface area contributed by atoms with E-state index >= 15 is 0 Å². The van der Waals surface area contributed by atoms with Gasteiger partial charge in [-0.05, 0) is 63.7 Å². The van der Waals surface area contributed by atoms with Crippen molar-refractivity contribution in [2.24, 2.45) is 11.8 Å². The number of hydrogen-bond donors (Lipinski definition) is 1. The van der Waals surface area contributed by atoms with Crippen molar-refractivity contribution in [3.63, 3.8) is 0 Å². The minimum absolute atomic E-state index is 0.890. The fourth-order valence-corrected chi connectivity index (χ4v) is 3.54. The zero-order valence-electron chi connectivity index (χ0n) is 13.0. The summed E-state index contributed by atoms with van der Waals surface area (Å²) >= 11 is 0. The quantitative estimate of drug-likeness (QED) is 0.794. The number of nitrogens with zero attached hydrogens (tertiary/aromatic N) is 2. The molecule has 2 fully saturated rings. The SMILES string of the molecule is CCCN1CCN(CCC(C)C2CCCNC2)CC1. The van der Waals surface area contributed by atoms with Gasteiger partial charge >= 0.3 is 0 Å². The maximum Gasteiger partial charge on any atom is 0.0110 e. The monoisotopic (exact) mass is 267 g/mol. The maximum absolute atomic E-state index is 3.55. The molecule has 0 amide bonds. The largest absolute Gasteiger partial charge is 0.316 e. The van der Waals surface area contributed by atoms with E-state index < -0.39 is 0 Å². The summed E-state index contributed by atoms with van der Waals surface area (Å²) in [5.74, 6) is 1.82. The molecule has 0 saturated carbocycles. The fraction of sp³-hybridized carbons (Fsp3) is 1.00. The molecule has 3 heteroatoms. The highest BCUT2D eigenvalue weighted by Gasteiger charge is 2.21. The Morgan fingerprint density at radius 2 is 1.79 bits per heavy atom. The molecular formula is C16H33N3. The van der Waals surface area contributed by atoms with Gasteiger partial charge < -0.3 is 15.1 Å². The van der Waals surface area contributed by atoms with Crippen LogP contribution in [0.15, 0.2) is 0 Å². The second-order valence-electron chi connectivity index (χ2n) is 6.56. The van der Waals surface area contributed by atoms with Gasteiger partial charge in [0.1, 0.15) is 0 Å². The summed E-state index contributed by atoms with van der Waals surface area (Å²) in [6, 6.07) is 0. The Morgan fingerprint density at radius 3 is 2.37 bits per heavy atom.